The highest BCUT2D eigenvalue weighted by Gasteiger charge is 2.13. The number of rotatable bonds is 5. The highest BCUT2D eigenvalue weighted by Crippen LogP contribution is 2.18. The normalized spacial score (nSPS) is 10.3. The first kappa shape index (κ1) is 17.7. The van der Waals surface area contributed by atoms with Crippen LogP contribution in [0.25, 0.3) is 0 Å². The number of carbonyl (C=O) groups is 2. The highest BCUT2D eigenvalue weighted by atomic mass is 19.1. The van der Waals surface area contributed by atoms with E-state index in [-0.39, 0.29) is 17.6 Å². The maximum absolute atomic E-state index is 12.9. The Morgan fingerprint density at radius 3 is 2.29 bits per heavy atom. The smallest absolute Gasteiger partial charge is 0.251 e. The second-order valence-corrected chi connectivity index (χ2v) is 5.70. The summed E-state index contributed by atoms with van der Waals surface area (Å²) >= 11 is 0. The van der Waals surface area contributed by atoms with Gasteiger partial charge in [0.05, 0.1) is 0 Å². The van der Waals surface area contributed by atoms with Crippen LogP contribution in [0.3, 0.4) is 0 Å². The van der Waals surface area contributed by atoms with Gasteiger partial charge in [-0.15, -0.1) is 0 Å². The quantitative estimate of drug-likeness (QED) is 0.916. The molecule has 0 fully saturated rings. The van der Waals surface area contributed by atoms with Gasteiger partial charge < -0.3 is 10.2 Å². The molecule has 0 aliphatic rings. The summed E-state index contributed by atoms with van der Waals surface area (Å²) in [6, 6.07) is 11.2. The van der Waals surface area contributed by atoms with Gasteiger partial charge in [-0.3, -0.25) is 9.59 Å². The Morgan fingerprint density at radius 1 is 1.04 bits per heavy atom. The Morgan fingerprint density at radius 2 is 1.71 bits per heavy atom. The van der Waals surface area contributed by atoms with Crippen molar-refractivity contribution in [3.05, 3.63) is 65.0 Å². The lowest BCUT2D eigenvalue weighted by Crippen LogP contribution is -2.37. The van der Waals surface area contributed by atoms with Crippen LogP contribution < -0.4 is 10.2 Å². The summed E-state index contributed by atoms with van der Waals surface area (Å²) in [4.78, 5) is 25.5. The lowest BCUT2D eigenvalue weighted by molar-refractivity contribution is -0.116. The molecular weight excluding hydrogens is 307 g/mol. The van der Waals surface area contributed by atoms with Crippen LogP contribution in [0.4, 0.5) is 10.1 Å². The van der Waals surface area contributed by atoms with Crippen molar-refractivity contribution in [2.75, 3.05) is 18.0 Å². The molecule has 2 rings (SSSR count). The molecule has 0 aliphatic heterocycles. The Hall–Kier alpha value is -2.69. The van der Waals surface area contributed by atoms with Crippen molar-refractivity contribution in [3.8, 4) is 0 Å². The lowest BCUT2D eigenvalue weighted by Gasteiger charge is -2.22. The summed E-state index contributed by atoms with van der Waals surface area (Å²) in [7, 11) is 0. The minimum Gasteiger partial charge on any atom is -0.350 e. The van der Waals surface area contributed by atoms with Crippen molar-refractivity contribution in [2.45, 2.75) is 20.8 Å². The van der Waals surface area contributed by atoms with E-state index in [9.17, 15) is 14.0 Å². The molecule has 1 N–H and O–H groups in total. The standard InChI is InChI=1S/C19H21FN2O2/c1-13-4-9-18(12-14(13)2)22(15(3)23)11-10-21-19(24)16-5-7-17(20)8-6-16/h4-9,12H,10-11H2,1-3H3,(H,21,24). The van der Waals surface area contributed by atoms with Crippen LogP contribution in [0.2, 0.25) is 0 Å². The SMILES string of the molecule is CC(=O)N(CCNC(=O)c1ccc(F)cc1)c1ccc(C)c(C)c1. The van der Waals surface area contributed by atoms with E-state index >= 15 is 0 Å². The van der Waals surface area contributed by atoms with E-state index in [1.807, 2.05) is 32.0 Å². The molecule has 4 nitrogen and oxygen atoms in total. The number of halogens is 1. The molecule has 0 unspecified atom stereocenters. The van der Waals surface area contributed by atoms with Crippen molar-refractivity contribution in [1.29, 1.82) is 0 Å². The first-order chi connectivity index (χ1) is 11.4. The van der Waals surface area contributed by atoms with Crippen molar-refractivity contribution >= 4 is 17.5 Å². The van der Waals surface area contributed by atoms with E-state index in [2.05, 4.69) is 5.32 Å². The largest absolute Gasteiger partial charge is 0.350 e. The third-order valence-electron chi connectivity index (χ3n) is 3.91. The predicted molar refractivity (Wildman–Crippen MR) is 92.7 cm³/mol. The Labute approximate surface area is 141 Å². The summed E-state index contributed by atoms with van der Waals surface area (Å²) < 4.78 is 12.9. The van der Waals surface area contributed by atoms with Crippen molar-refractivity contribution in [2.24, 2.45) is 0 Å². The molecule has 0 atom stereocenters. The Kier molecular flexibility index (Phi) is 5.68. The molecule has 0 radical (unpaired) electrons. The highest BCUT2D eigenvalue weighted by molar-refractivity contribution is 5.94. The van der Waals surface area contributed by atoms with E-state index in [1.165, 1.54) is 31.2 Å². The number of carbonyl (C=O) groups excluding carboxylic acids is 2. The van der Waals surface area contributed by atoms with Gasteiger partial charge in [-0.2, -0.15) is 0 Å². The molecule has 5 heteroatoms. The van der Waals surface area contributed by atoms with Crippen LogP contribution in [0.15, 0.2) is 42.5 Å². The lowest BCUT2D eigenvalue weighted by atomic mass is 10.1. The van der Waals surface area contributed by atoms with E-state index < -0.39 is 0 Å². The van der Waals surface area contributed by atoms with Gasteiger partial charge in [0.1, 0.15) is 5.82 Å². The molecule has 0 aromatic heterocycles. The molecule has 24 heavy (non-hydrogen) atoms. The number of aryl methyl sites for hydroxylation is 2. The van der Waals surface area contributed by atoms with Crippen LogP contribution in [0.1, 0.15) is 28.4 Å². The van der Waals surface area contributed by atoms with Crippen LogP contribution in [-0.2, 0) is 4.79 Å². The Bertz CT molecular complexity index is 742. The van der Waals surface area contributed by atoms with Gasteiger partial charge in [0.25, 0.3) is 5.91 Å². The fourth-order valence-electron chi connectivity index (χ4n) is 2.35. The second kappa shape index (κ2) is 7.73. The second-order valence-electron chi connectivity index (χ2n) is 5.70. The molecule has 0 saturated heterocycles. The first-order valence-corrected chi connectivity index (χ1v) is 7.77. The minimum absolute atomic E-state index is 0.0886. The topological polar surface area (TPSA) is 49.4 Å². The maximum Gasteiger partial charge on any atom is 0.251 e. The third kappa shape index (κ3) is 4.41. The molecule has 2 amide bonds. The molecule has 0 heterocycles. The minimum atomic E-state index is -0.385. The van der Waals surface area contributed by atoms with Crippen molar-refractivity contribution < 1.29 is 14.0 Å². The molecule has 126 valence electrons. The summed E-state index contributed by atoms with van der Waals surface area (Å²) in [5.41, 5.74) is 3.46. The number of hydrogen-bond donors (Lipinski definition) is 1. The predicted octanol–water partition coefficient (Wildman–Crippen LogP) is 3.23. The zero-order valence-electron chi connectivity index (χ0n) is 14.1. The van der Waals surface area contributed by atoms with E-state index in [1.54, 1.807) is 4.90 Å². The number of benzene rings is 2. The number of nitrogens with one attached hydrogen (secondary N) is 1. The van der Waals surface area contributed by atoms with Crippen LogP contribution in [-0.4, -0.2) is 24.9 Å². The average molecular weight is 328 g/mol. The summed E-state index contributed by atoms with van der Waals surface area (Å²) in [5, 5.41) is 2.74. The number of amides is 2. The summed E-state index contributed by atoms with van der Waals surface area (Å²) in [5.74, 6) is -0.767. The van der Waals surface area contributed by atoms with Gasteiger partial charge in [0, 0.05) is 31.3 Å². The van der Waals surface area contributed by atoms with Crippen molar-refractivity contribution in [1.82, 2.24) is 5.32 Å². The van der Waals surface area contributed by atoms with Gasteiger partial charge in [-0.25, -0.2) is 4.39 Å². The van der Waals surface area contributed by atoms with Crippen LogP contribution in [0.5, 0.6) is 0 Å². The molecule has 0 spiro atoms. The van der Waals surface area contributed by atoms with Gasteiger partial charge in [0.15, 0.2) is 0 Å². The summed E-state index contributed by atoms with van der Waals surface area (Å²) in [6.07, 6.45) is 0. The fraction of sp³-hybridized carbons (Fsp3) is 0.263. The number of anilines is 1. The van der Waals surface area contributed by atoms with Crippen LogP contribution in [0, 0.1) is 19.7 Å². The van der Waals surface area contributed by atoms with Gasteiger partial charge in [-0.05, 0) is 61.4 Å². The number of hydrogen-bond acceptors (Lipinski definition) is 2. The number of nitrogens with zero attached hydrogens (tertiary/aromatic N) is 1. The maximum atomic E-state index is 12.9. The molecular formula is C19H21FN2O2. The zero-order valence-corrected chi connectivity index (χ0v) is 14.1. The van der Waals surface area contributed by atoms with Crippen LogP contribution >= 0.6 is 0 Å². The zero-order chi connectivity index (χ0) is 17.7. The van der Waals surface area contributed by atoms with Gasteiger partial charge in [-0.1, -0.05) is 6.07 Å². The van der Waals surface area contributed by atoms with E-state index in [0.717, 1.165) is 16.8 Å². The molecule has 0 aliphatic carbocycles. The van der Waals surface area contributed by atoms with E-state index in [4.69, 9.17) is 0 Å². The van der Waals surface area contributed by atoms with Gasteiger partial charge in [0.2, 0.25) is 5.91 Å². The molecule has 2 aromatic rings. The first-order valence-electron chi connectivity index (χ1n) is 7.77. The Balaban J connectivity index is 1.99. The molecule has 0 bridgehead atoms. The monoisotopic (exact) mass is 328 g/mol. The average Bonchev–Trinajstić information content (AvgIpc) is 2.54. The summed E-state index contributed by atoms with van der Waals surface area (Å²) in [6.45, 7) is 6.18. The third-order valence-corrected chi connectivity index (χ3v) is 3.91. The van der Waals surface area contributed by atoms with Gasteiger partial charge >= 0.3 is 0 Å². The van der Waals surface area contributed by atoms with Crippen molar-refractivity contribution in [3.63, 3.8) is 0 Å². The van der Waals surface area contributed by atoms with E-state index in [0.29, 0.717) is 18.7 Å². The molecule has 2 aromatic carbocycles. The fourth-order valence-corrected chi connectivity index (χ4v) is 2.35. The molecule has 0 saturated carbocycles.